The first kappa shape index (κ1) is 8.71. The van der Waals surface area contributed by atoms with Gasteiger partial charge in [0.15, 0.2) is 0 Å². The van der Waals surface area contributed by atoms with E-state index in [1.165, 1.54) is 6.17 Å². The summed E-state index contributed by atoms with van der Waals surface area (Å²) in [6.07, 6.45) is 3.20. The van der Waals surface area contributed by atoms with Crippen molar-refractivity contribution in [2.24, 2.45) is 0 Å². The van der Waals surface area contributed by atoms with Gasteiger partial charge in [0.2, 0.25) is 0 Å². The minimum atomic E-state index is 0.674. The van der Waals surface area contributed by atoms with Crippen LogP contribution in [0.25, 0.3) is 10.9 Å². The molecule has 1 heterocycles. The van der Waals surface area contributed by atoms with E-state index in [1.54, 1.807) is 6.07 Å². The molecule has 1 aromatic heterocycles. The average molecular weight is 185 g/mol. The van der Waals surface area contributed by atoms with E-state index in [4.69, 9.17) is 0 Å². The van der Waals surface area contributed by atoms with Crippen LogP contribution in [0, 0.1) is 19.0 Å². The van der Waals surface area contributed by atoms with Gasteiger partial charge in [0.1, 0.15) is 6.17 Å². The first-order chi connectivity index (χ1) is 6.79. The summed E-state index contributed by atoms with van der Waals surface area (Å²) < 4.78 is 11.8. The van der Waals surface area contributed by atoms with E-state index in [2.05, 4.69) is 10.9 Å². The predicted molar refractivity (Wildman–Crippen MR) is 54.5 cm³/mol. The summed E-state index contributed by atoms with van der Waals surface area (Å²) in [5.74, 6) is 2.37. The summed E-state index contributed by atoms with van der Waals surface area (Å²) in [5.41, 5.74) is 2.66. The van der Waals surface area contributed by atoms with Gasteiger partial charge in [0.05, 0.1) is 5.52 Å². The third kappa shape index (κ3) is 1.57. The van der Waals surface area contributed by atoms with E-state index < -0.39 is 0 Å². The Balaban J connectivity index is 2.67. The van der Waals surface area contributed by atoms with Crippen LogP contribution in [0.5, 0.6) is 0 Å². The minimum Gasteiger partial charge on any atom is -0.256 e. The number of aromatic nitrogens is 1. The van der Waals surface area contributed by atoms with Crippen LogP contribution in [-0.4, -0.2) is 4.98 Å². The van der Waals surface area contributed by atoms with Gasteiger partial charge in [-0.05, 0) is 42.7 Å². The molecule has 68 valence electrons. The van der Waals surface area contributed by atoms with Gasteiger partial charge in [-0.2, -0.15) is 0 Å². The number of nitrogens with zero attached hydrogens (tertiary/aromatic N) is 1. The Bertz CT molecular complexity index is 535. The lowest BCUT2D eigenvalue weighted by atomic mass is 10.1. The Morgan fingerprint density at radius 1 is 1.29 bits per heavy atom. The van der Waals surface area contributed by atoms with Crippen molar-refractivity contribution in [3.05, 3.63) is 41.6 Å². The van der Waals surface area contributed by atoms with Crippen LogP contribution in [-0.2, 0) is 0 Å². The molecule has 14 heavy (non-hydrogen) atoms. The van der Waals surface area contributed by atoms with Gasteiger partial charge in [-0.3, -0.25) is 4.98 Å². The van der Waals surface area contributed by atoms with Gasteiger partial charge in [-0.15, -0.1) is 4.39 Å². The van der Waals surface area contributed by atoms with Crippen molar-refractivity contribution in [3.63, 3.8) is 0 Å². The predicted octanol–water partition coefficient (Wildman–Crippen LogP) is 2.82. The van der Waals surface area contributed by atoms with Crippen molar-refractivity contribution >= 4 is 10.9 Å². The van der Waals surface area contributed by atoms with Crippen LogP contribution in [0.4, 0.5) is 4.39 Å². The smallest absolute Gasteiger partial charge is 0.111 e. The molecule has 0 unspecified atom stereocenters. The molecular weight excluding hydrogens is 177 g/mol. The van der Waals surface area contributed by atoms with Gasteiger partial charge in [0.25, 0.3) is 0 Å². The molecule has 0 fully saturated rings. The zero-order valence-corrected chi connectivity index (χ0v) is 7.71. The zero-order chi connectivity index (χ0) is 9.97. The normalized spacial score (nSPS) is 9.57. The number of rotatable bonds is 0. The molecule has 0 radical (unpaired) electrons. The standard InChI is InChI=1S/C12H8FN/c1-9-6-11-7-10(4-5-13)2-3-12(11)14-8-9/h2-3,6-8H,1H3. The second-order valence-corrected chi connectivity index (χ2v) is 3.14. The van der Waals surface area contributed by atoms with Crippen molar-refractivity contribution in [3.8, 4) is 12.1 Å². The van der Waals surface area contributed by atoms with E-state index in [0.29, 0.717) is 5.56 Å². The van der Waals surface area contributed by atoms with Gasteiger partial charge >= 0.3 is 0 Å². The fourth-order valence-electron chi connectivity index (χ4n) is 1.37. The molecule has 0 amide bonds. The molecule has 1 aromatic carbocycles. The molecule has 2 aromatic rings. The van der Waals surface area contributed by atoms with E-state index in [-0.39, 0.29) is 0 Å². The quantitative estimate of drug-likeness (QED) is 0.575. The lowest BCUT2D eigenvalue weighted by Gasteiger charge is -1.98. The van der Waals surface area contributed by atoms with Crippen LogP contribution in [0.15, 0.2) is 30.5 Å². The van der Waals surface area contributed by atoms with Crippen LogP contribution in [0.2, 0.25) is 0 Å². The number of benzene rings is 1. The molecule has 0 saturated carbocycles. The van der Waals surface area contributed by atoms with E-state index >= 15 is 0 Å². The zero-order valence-electron chi connectivity index (χ0n) is 7.71. The molecule has 2 heteroatoms. The molecule has 2 rings (SSSR count). The second kappa shape index (κ2) is 3.47. The largest absolute Gasteiger partial charge is 0.256 e. The van der Waals surface area contributed by atoms with Gasteiger partial charge in [-0.1, -0.05) is 0 Å². The first-order valence-corrected chi connectivity index (χ1v) is 4.27. The van der Waals surface area contributed by atoms with Crippen molar-refractivity contribution in [2.75, 3.05) is 0 Å². The summed E-state index contributed by atoms with van der Waals surface area (Å²) >= 11 is 0. The highest BCUT2D eigenvalue weighted by Gasteiger charge is 1.95. The van der Waals surface area contributed by atoms with Crippen molar-refractivity contribution in [1.29, 1.82) is 0 Å². The maximum atomic E-state index is 11.8. The second-order valence-electron chi connectivity index (χ2n) is 3.14. The lowest BCUT2D eigenvalue weighted by Crippen LogP contribution is -1.82. The van der Waals surface area contributed by atoms with Crippen molar-refractivity contribution in [1.82, 2.24) is 4.98 Å². The molecule has 0 aliphatic rings. The number of aryl methyl sites for hydroxylation is 1. The number of halogens is 1. The first-order valence-electron chi connectivity index (χ1n) is 4.27. The van der Waals surface area contributed by atoms with Crippen molar-refractivity contribution in [2.45, 2.75) is 6.92 Å². The number of hydrogen-bond donors (Lipinski definition) is 0. The number of fused-ring (bicyclic) bond motifs is 1. The Morgan fingerprint density at radius 2 is 2.14 bits per heavy atom. The molecule has 0 aliphatic heterocycles. The van der Waals surface area contributed by atoms with Gasteiger partial charge in [-0.25, -0.2) is 0 Å². The third-order valence-electron chi connectivity index (χ3n) is 2.01. The molecule has 0 saturated heterocycles. The Hall–Kier alpha value is -1.88. The molecule has 0 N–H and O–H groups in total. The average Bonchev–Trinajstić information content (AvgIpc) is 2.17. The Morgan fingerprint density at radius 3 is 2.93 bits per heavy atom. The van der Waals surface area contributed by atoms with E-state index in [0.717, 1.165) is 16.5 Å². The fourth-order valence-corrected chi connectivity index (χ4v) is 1.37. The maximum absolute atomic E-state index is 11.8. The van der Waals surface area contributed by atoms with Crippen LogP contribution < -0.4 is 0 Å². The maximum Gasteiger partial charge on any atom is 0.111 e. The molecule has 0 spiro atoms. The molecule has 0 atom stereocenters. The number of pyridine rings is 1. The highest BCUT2D eigenvalue weighted by molar-refractivity contribution is 5.80. The van der Waals surface area contributed by atoms with Crippen molar-refractivity contribution < 1.29 is 4.39 Å². The van der Waals surface area contributed by atoms with E-state index in [9.17, 15) is 4.39 Å². The van der Waals surface area contributed by atoms with E-state index in [1.807, 2.05) is 31.3 Å². The Labute approximate surface area is 81.6 Å². The topological polar surface area (TPSA) is 12.9 Å². The molecular formula is C12H8FN. The summed E-state index contributed by atoms with van der Waals surface area (Å²) in [5, 5.41) is 0.991. The molecule has 0 aliphatic carbocycles. The highest BCUT2D eigenvalue weighted by atomic mass is 19.1. The summed E-state index contributed by atoms with van der Waals surface area (Å²) in [7, 11) is 0. The third-order valence-corrected chi connectivity index (χ3v) is 2.01. The molecule has 1 nitrogen and oxygen atoms in total. The lowest BCUT2D eigenvalue weighted by molar-refractivity contribution is 0.774. The Kier molecular flexibility index (Phi) is 2.16. The highest BCUT2D eigenvalue weighted by Crippen LogP contribution is 2.14. The van der Waals surface area contributed by atoms with Crippen LogP contribution in [0.3, 0.4) is 0 Å². The summed E-state index contributed by atoms with van der Waals surface area (Å²) in [4.78, 5) is 4.24. The minimum absolute atomic E-state index is 0.674. The monoisotopic (exact) mass is 185 g/mol. The summed E-state index contributed by atoms with van der Waals surface area (Å²) in [6.45, 7) is 1.97. The number of hydrogen-bond acceptors (Lipinski definition) is 1. The van der Waals surface area contributed by atoms with Crippen LogP contribution in [0.1, 0.15) is 11.1 Å². The van der Waals surface area contributed by atoms with Gasteiger partial charge < -0.3 is 0 Å². The van der Waals surface area contributed by atoms with Crippen LogP contribution >= 0.6 is 0 Å². The summed E-state index contributed by atoms with van der Waals surface area (Å²) in [6, 6.07) is 7.44. The SMILES string of the molecule is Cc1cnc2ccc(C#CF)cc2c1. The van der Waals surface area contributed by atoms with Gasteiger partial charge in [0, 0.05) is 17.1 Å². The molecule has 0 bridgehead atoms. The fraction of sp³-hybridized carbons (Fsp3) is 0.0833.